The summed E-state index contributed by atoms with van der Waals surface area (Å²) in [6.07, 6.45) is 0. The van der Waals surface area contributed by atoms with Gasteiger partial charge in [-0.15, -0.1) is 11.3 Å². The Morgan fingerprint density at radius 3 is 2.80 bits per heavy atom. The lowest BCUT2D eigenvalue weighted by Crippen LogP contribution is -2.37. The van der Waals surface area contributed by atoms with Crippen LogP contribution in [0.1, 0.15) is 17.8 Å². The zero-order chi connectivity index (χ0) is 11.3. The van der Waals surface area contributed by atoms with E-state index in [-0.39, 0.29) is 18.7 Å². The van der Waals surface area contributed by atoms with E-state index in [0.717, 1.165) is 9.21 Å². The molecule has 0 saturated carbocycles. The van der Waals surface area contributed by atoms with Crippen LogP contribution in [0.4, 0.5) is 0 Å². The molecule has 86 valence electrons. The van der Waals surface area contributed by atoms with Gasteiger partial charge in [0.2, 0.25) is 0 Å². The third-order valence-electron chi connectivity index (χ3n) is 2.09. The molecule has 2 N–H and O–H groups in total. The normalized spacial score (nSPS) is 15.2. The highest BCUT2D eigenvalue weighted by Gasteiger charge is 2.13. The molecule has 1 heterocycles. The minimum atomic E-state index is -0.0362. The van der Waals surface area contributed by atoms with Gasteiger partial charge in [0.05, 0.1) is 23.6 Å². The van der Waals surface area contributed by atoms with Crippen LogP contribution >= 0.6 is 22.9 Å². The van der Waals surface area contributed by atoms with Crippen molar-refractivity contribution in [2.24, 2.45) is 0 Å². The van der Waals surface area contributed by atoms with E-state index in [9.17, 15) is 0 Å². The van der Waals surface area contributed by atoms with Crippen LogP contribution in [0.3, 0.4) is 0 Å². The van der Waals surface area contributed by atoms with Crippen LogP contribution in [0, 0.1) is 0 Å². The molecule has 0 bridgehead atoms. The third-order valence-corrected chi connectivity index (χ3v) is 3.51. The second kappa shape index (κ2) is 6.45. The van der Waals surface area contributed by atoms with Crippen molar-refractivity contribution in [3.8, 4) is 0 Å². The van der Waals surface area contributed by atoms with Gasteiger partial charge in [-0.05, 0) is 19.1 Å². The largest absolute Gasteiger partial charge is 0.395 e. The fraction of sp³-hybridized carbons (Fsp3) is 0.600. The van der Waals surface area contributed by atoms with Crippen molar-refractivity contribution in [2.45, 2.75) is 19.0 Å². The Morgan fingerprint density at radius 2 is 2.33 bits per heavy atom. The summed E-state index contributed by atoms with van der Waals surface area (Å²) >= 11 is 7.40. The molecule has 0 fully saturated rings. The van der Waals surface area contributed by atoms with Crippen molar-refractivity contribution in [1.82, 2.24) is 5.32 Å². The minimum Gasteiger partial charge on any atom is -0.395 e. The van der Waals surface area contributed by atoms with Crippen LogP contribution in [0.15, 0.2) is 12.1 Å². The molecule has 15 heavy (non-hydrogen) atoms. The van der Waals surface area contributed by atoms with Gasteiger partial charge < -0.3 is 15.2 Å². The first-order valence-corrected chi connectivity index (χ1v) is 5.98. The first-order valence-electron chi connectivity index (χ1n) is 4.78. The maximum absolute atomic E-state index is 9.09. The van der Waals surface area contributed by atoms with Crippen molar-refractivity contribution in [3.05, 3.63) is 21.3 Å². The first kappa shape index (κ1) is 12.9. The van der Waals surface area contributed by atoms with Gasteiger partial charge in [-0.3, -0.25) is 0 Å². The second-order valence-corrected chi connectivity index (χ2v) is 5.11. The number of methoxy groups -OCH3 is 1. The average Bonchev–Trinajstić information content (AvgIpc) is 2.64. The molecule has 0 amide bonds. The Balaban J connectivity index is 2.50. The van der Waals surface area contributed by atoms with Gasteiger partial charge >= 0.3 is 0 Å². The van der Waals surface area contributed by atoms with Gasteiger partial charge in [0.1, 0.15) is 0 Å². The summed E-state index contributed by atoms with van der Waals surface area (Å²) in [7, 11) is 1.62. The predicted molar refractivity (Wildman–Crippen MR) is 63.6 cm³/mol. The molecular weight excluding hydrogens is 234 g/mol. The molecule has 1 aromatic rings. The van der Waals surface area contributed by atoms with E-state index in [0.29, 0.717) is 6.61 Å². The molecule has 0 radical (unpaired) electrons. The monoisotopic (exact) mass is 249 g/mol. The van der Waals surface area contributed by atoms with Crippen LogP contribution in [0.2, 0.25) is 4.34 Å². The Bertz CT molecular complexity index is 293. The molecule has 0 aliphatic carbocycles. The number of thiophene rings is 1. The minimum absolute atomic E-state index is 0.0362. The molecule has 1 aromatic heterocycles. The van der Waals surface area contributed by atoms with Crippen molar-refractivity contribution in [1.29, 1.82) is 0 Å². The maximum atomic E-state index is 9.09. The molecule has 1 rings (SSSR count). The molecule has 0 aliphatic rings. The summed E-state index contributed by atoms with van der Waals surface area (Å²) in [5.41, 5.74) is 0. The standard InChI is InChI=1S/C10H16ClNO2S/c1-7(9-3-4-10(11)15-9)12-8(5-13)6-14-2/h3-4,7-8,12-13H,5-6H2,1-2H3. The molecule has 2 atom stereocenters. The number of hydrogen-bond acceptors (Lipinski definition) is 4. The van der Waals surface area contributed by atoms with E-state index in [2.05, 4.69) is 5.32 Å². The number of aliphatic hydroxyl groups excluding tert-OH is 1. The van der Waals surface area contributed by atoms with Crippen molar-refractivity contribution in [2.75, 3.05) is 20.3 Å². The fourth-order valence-corrected chi connectivity index (χ4v) is 2.42. The molecule has 0 aliphatic heterocycles. The summed E-state index contributed by atoms with van der Waals surface area (Å²) in [4.78, 5) is 1.16. The zero-order valence-electron chi connectivity index (χ0n) is 8.87. The lowest BCUT2D eigenvalue weighted by molar-refractivity contribution is 0.123. The first-order chi connectivity index (χ1) is 7.17. The van der Waals surface area contributed by atoms with E-state index in [1.807, 2.05) is 19.1 Å². The Morgan fingerprint density at radius 1 is 1.60 bits per heavy atom. The predicted octanol–water partition coefficient (Wildman–Crippen LogP) is 2.06. The number of nitrogens with one attached hydrogen (secondary N) is 1. The lowest BCUT2D eigenvalue weighted by atomic mass is 10.2. The van der Waals surface area contributed by atoms with E-state index < -0.39 is 0 Å². The average molecular weight is 250 g/mol. The van der Waals surface area contributed by atoms with Crippen LogP contribution in [0.25, 0.3) is 0 Å². The number of halogens is 1. The Hall–Kier alpha value is -0.130. The highest BCUT2D eigenvalue weighted by molar-refractivity contribution is 7.16. The SMILES string of the molecule is COCC(CO)NC(C)c1ccc(Cl)s1. The molecule has 0 aromatic carbocycles. The summed E-state index contributed by atoms with van der Waals surface area (Å²) < 4.78 is 5.77. The zero-order valence-corrected chi connectivity index (χ0v) is 10.4. The highest BCUT2D eigenvalue weighted by atomic mass is 35.5. The van der Waals surface area contributed by atoms with Crippen molar-refractivity contribution >= 4 is 22.9 Å². The van der Waals surface area contributed by atoms with E-state index in [1.54, 1.807) is 18.4 Å². The summed E-state index contributed by atoms with van der Waals surface area (Å²) in [6, 6.07) is 4.01. The van der Waals surface area contributed by atoms with Gasteiger partial charge in [-0.2, -0.15) is 0 Å². The van der Waals surface area contributed by atoms with Crippen molar-refractivity contribution < 1.29 is 9.84 Å². The fourth-order valence-electron chi connectivity index (χ4n) is 1.35. The van der Waals surface area contributed by atoms with Gasteiger partial charge in [-0.1, -0.05) is 11.6 Å². The third kappa shape index (κ3) is 4.09. The van der Waals surface area contributed by atoms with Crippen LogP contribution in [0.5, 0.6) is 0 Å². The molecule has 3 nitrogen and oxygen atoms in total. The van der Waals surface area contributed by atoms with Gasteiger partial charge in [-0.25, -0.2) is 0 Å². The number of rotatable bonds is 6. The molecule has 5 heteroatoms. The van der Waals surface area contributed by atoms with Crippen molar-refractivity contribution in [3.63, 3.8) is 0 Å². The second-order valence-electron chi connectivity index (χ2n) is 3.37. The Labute approximate surface area is 99.0 Å². The van der Waals surface area contributed by atoms with E-state index in [1.165, 1.54) is 0 Å². The topological polar surface area (TPSA) is 41.5 Å². The summed E-state index contributed by atoms with van der Waals surface area (Å²) in [6.45, 7) is 2.61. The maximum Gasteiger partial charge on any atom is 0.0931 e. The lowest BCUT2D eigenvalue weighted by Gasteiger charge is -2.20. The van der Waals surface area contributed by atoms with Crippen LogP contribution < -0.4 is 5.32 Å². The molecular formula is C10H16ClNO2S. The molecule has 0 saturated heterocycles. The van der Waals surface area contributed by atoms with Gasteiger partial charge in [0, 0.05) is 18.0 Å². The number of aliphatic hydroxyl groups is 1. The molecule has 2 unspecified atom stereocenters. The highest BCUT2D eigenvalue weighted by Crippen LogP contribution is 2.26. The number of hydrogen-bond donors (Lipinski definition) is 2. The Kier molecular flexibility index (Phi) is 5.56. The number of ether oxygens (including phenoxy) is 1. The van der Waals surface area contributed by atoms with Gasteiger partial charge in [0.25, 0.3) is 0 Å². The van der Waals surface area contributed by atoms with E-state index >= 15 is 0 Å². The smallest absolute Gasteiger partial charge is 0.0931 e. The summed E-state index contributed by atoms with van der Waals surface area (Å²) in [5.74, 6) is 0. The van der Waals surface area contributed by atoms with Crippen LogP contribution in [-0.4, -0.2) is 31.5 Å². The quantitative estimate of drug-likeness (QED) is 0.811. The van der Waals surface area contributed by atoms with E-state index in [4.69, 9.17) is 21.4 Å². The van der Waals surface area contributed by atoms with Gasteiger partial charge in [0.15, 0.2) is 0 Å². The summed E-state index contributed by atoms with van der Waals surface area (Å²) in [5, 5.41) is 12.4. The molecule has 0 spiro atoms. The van der Waals surface area contributed by atoms with Crippen LogP contribution in [-0.2, 0) is 4.74 Å².